The summed E-state index contributed by atoms with van der Waals surface area (Å²) in [6, 6.07) is 8.94. The number of hydrogen-bond donors (Lipinski definition) is 1. The zero-order valence-corrected chi connectivity index (χ0v) is 18.2. The lowest BCUT2D eigenvalue weighted by Gasteiger charge is -2.35. The van der Waals surface area contributed by atoms with Crippen LogP contribution >= 0.6 is 0 Å². The summed E-state index contributed by atoms with van der Waals surface area (Å²) in [6.07, 6.45) is -0.00159. The van der Waals surface area contributed by atoms with Crippen molar-refractivity contribution in [3.8, 4) is 5.75 Å². The first-order valence-corrected chi connectivity index (χ1v) is 11.1. The van der Waals surface area contributed by atoms with Crippen molar-refractivity contribution < 1.29 is 22.7 Å². The van der Waals surface area contributed by atoms with Crippen LogP contribution in [0.15, 0.2) is 36.4 Å². The minimum absolute atomic E-state index is 0.0303. The molecule has 11 heteroatoms. The van der Waals surface area contributed by atoms with E-state index in [0.717, 1.165) is 30.8 Å². The number of urea groups is 1. The fourth-order valence-electron chi connectivity index (χ4n) is 4.07. The number of alkyl halides is 3. The van der Waals surface area contributed by atoms with Crippen molar-refractivity contribution in [2.24, 2.45) is 0 Å². The van der Waals surface area contributed by atoms with Gasteiger partial charge in [-0.2, -0.15) is 0 Å². The average Bonchev–Trinajstić information content (AvgIpc) is 3.09. The second-order valence-corrected chi connectivity index (χ2v) is 8.10. The van der Waals surface area contributed by atoms with E-state index in [1.165, 1.54) is 43.9 Å². The highest BCUT2D eigenvalue weighted by Crippen LogP contribution is 2.30. The molecule has 1 aromatic carbocycles. The van der Waals surface area contributed by atoms with Crippen molar-refractivity contribution in [3.05, 3.63) is 36.4 Å². The molecule has 178 valence electrons. The molecule has 0 unspecified atom stereocenters. The van der Waals surface area contributed by atoms with Crippen molar-refractivity contribution in [3.63, 3.8) is 0 Å². The number of hydrogen-bond acceptors (Lipinski definition) is 6. The summed E-state index contributed by atoms with van der Waals surface area (Å²) in [6.45, 7) is 3.91. The van der Waals surface area contributed by atoms with E-state index < -0.39 is 18.1 Å². The van der Waals surface area contributed by atoms with E-state index in [0.29, 0.717) is 26.2 Å². The molecule has 0 atom stereocenters. The Morgan fingerprint density at radius 3 is 1.97 bits per heavy atom. The van der Waals surface area contributed by atoms with Gasteiger partial charge in [0.2, 0.25) is 0 Å². The largest absolute Gasteiger partial charge is 0.573 e. The van der Waals surface area contributed by atoms with Crippen molar-refractivity contribution in [1.82, 2.24) is 15.1 Å². The first kappa shape index (κ1) is 22.9. The molecule has 0 radical (unpaired) electrons. The van der Waals surface area contributed by atoms with Crippen LogP contribution in [0.3, 0.4) is 0 Å². The number of nitrogens with zero attached hydrogens (tertiary/aromatic N) is 5. The molecule has 33 heavy (non-hydrogen) atoms. The highest BCUT2D eigenvalue weighted by atomic mass is 19.4. The fraction of sp³-hybridized carbons (Fsp3) is 0.500. The molecule has 4 rings (SSSR count). The summed E-state index contributed by atoms with van der Waals surface area (Å²) < 4.78 is 41.8. The van der Waals surface area contributed by atoms with E-state index in [9.17, 15) is 18.0 Å². The number of carbonyl (C=O) groups is 1. The van der Waals surface area contributed by atoms with Gasteiger partial charge in [-0.15, -0.1) is 23.4 Å². The predicted molar refractivity (Wildman–Crippen MR) is 119 cm³/mol. The molecule has 2 aromatic rings. The molecule has 0 spiro atoms. The van der Waals surface area contributed by atoms with Crippen LogP contribution in [-0.2, 0) is 0 Å². The van der Waals surface area contributed by atoms with Crippen LogP contribution in [0.4, 0.5) is 35.3 Å². The molecule has 2 amide bonds. The molecule has 0 aliphatic carbocycles. The van der Waals surface area contributed by atoms with Crippen LogP contribution in [0.25, 0.3) is 0 Å². The Labute approximate surface area is 190 Å². The van der Waals surface area contributed by atoms with E-state index in [1.807, 2.05) is 17.0 Å². The predicted octanol–water partition coefficient (Wildman–Crippen LogP) is 4.11. The van der Waals surface area contributed by atoms with Gasteiger partial charge in [-0.3, -0.25) is 0 Å². The lowest BCUT2D eigenvalue weighted by atomic mass is 10.2. The van der Waals surface area contributed by atoms with E-state index in [1.54, 1.807) is 4.90 Å². The Kier molecular flexibility index (Phi) is 7.05. The molecular formula is C22H27F3N6O2. The first-order valence-electron chi connectivity index (χ1n) is 11.1. The number of nitrogens with one attached hydrogen (secondary N) is 1. The van der Waals surface area contributed by atoms with Gasteiger partial charge >= 0.3 is 12.4 Å². The first-order chi connectivity index (χ1) is 15.9. The highest BCUT2D eigenvalue weighted by molar-refractivity contribution is 5.91. The van der Waals surface area contributed by atoms with Crippen molar-refractivity contribution in [2.45, 2.75) is 32.0 Å². The number of carbonyl (C=O) groups excluding carboxylic acids is 1. The van der Waals surface area contributed by atoms with Gasteiger partial charge < -0.3 is 24.8 Å². The molecule has 0 bridgehead atoms. The number of aromatic nitrogens is 2. The molecule has 1 N–H and O–H groups in total. The monoisotopic (exact) mass is 464 g/mol. The second-order valence-electron chi connectivity index (χ2n) is 8.10. The van der Waals surface area contributed by atoms with Gasteiger partial charge in [0, 0.05) is 39.3 Å². The molecule has 2 aliphatic heterocycles. The molecule has 2 fully saturated rings. The van der Waals surface area contributed by atoms with Gasteiger partial charge in [0.25, 0.3) is 0 Å². The Balaban J connectivity index is 1.31. The van der Waals surface area contributed by atoms with Gasteiger partial charge in [0.05, 0.1) is 5.69 Å². The summed E-state index contributed by atoms with van der Waals surface area (Å²) in [5.74, 6) is 1.19. The minimum atomic E-state index is -4.84. The molecular weight excluding hydrogens is 437 g/mol. The zero-order valence-electron chi connectivity index (χ0n) is 18.2. The third-order valence-corrected chi connectivity index (χ3v) is 5.81. The van der Waals surface area contributed by atoms with Crippen molar-refractivity contribution in [1.29, 1.82) is 0 Å². The average molecular weight is 464 g/mol. The lowest BCUT2D eigenvalue weighted by molar-refractivity contribution is -0.274. The van der Waals surface area contributed by atoms with Crippen LogP contribution < -0.4 is 19.9 Å². The van der Waals surface area contributed by atoms with E-state index in [2.05, 4.69) is 25.2 Å². The number of piperazine rings is 1. The fourth-order valence-corrected chi connectivity index (χ4v) is 4.07. The number of benzene rings is 1. The maximum absolute atomic E-state index is 12.6. The maximum atomic E-state index is 12.6. The van der Waals surface area contributed by atoms with Crippen LogP contribution in [0.5, 0.6) is 5.75 Å². The van der Waals surface area contributed by atoms with Gasteiger partial charge in [0.15, 0.2) is 17.4 Å². The number of para-hydroxylation sites is 2. The summed E-state index contributed by atoms with van der Waals surface area (Å²) >= 11 is 0. The van der Waals surface area contributed by atoms with Crippen molar-refractivity contribution >= 4 is 23.4 Å². The number of halogens is 3. The standard InChI is InChI=1S/C22H27F3N6O2/c23-22(24,25)33-18-8-4-3-7-17(18)26-21(32)31-15-13-30(14-16-31)20-10-9-19(27-28-20)29-11-5-1-2-6-12-29/h3-4,7-10H,1-2,5-6,11-16H2,(H,26,32). The SMILES string of the molecule is O=C(Nc1ccccc1OC(F)(F)F)N1CCN(c2ccc(N3CCCCCC3)nn2)CC1. The van der Waals surface area contributed by atoms with Gasteiger partial charge in [-0.25, -0.2) is 4.79 Å². The smallest absolute Gasteiger partial charge is 0.404 e. The Bertz CT molecular complexity index is 924. The minimum Gasteiger partial charge on any atom is -0.404 e. The highest BCUT2D eigenvalue weighted by Gasteiger charge is 2.32. The number of amides is 2. The van der Waals surface area contributed by atoms with Gasteiger partial charge in [0.1, 0.15) is 0 Å². The van der Waals surface area contributed by atoms with Crippen molar-refractivity contribution in [2.75, 3.05) is 54.4 Å². The lowest BCUT2D eigenvalue weighted by Crippen LogP contribution is -2.50. The third-order valence-electron chi connectivity index (χ3n) is 5.81. The third kappa shape index (κ3) is 6.17. The molecule has 2 aliphatic rings. The summed E-state index contributed by atoms with van der Waals surface area (Å²) in [7, 11) is 0. The van der Waals surface area contributed by atoms with Crippen LogP contribution in [0.1, 0.15) is 25.7 Å². The summed E-state index contributed by atoms with van der Waals surface area (Å²) in [5, 5.41) is 11.3. The number of ether oxygens (including phenoxy) is 1. The van der Waals surface area contributed by atoms with Crippen LogP contribution in [-0.4, -0.2) is 66.8 Å². The van der Waals surface area contributed by atoms with Crippen LogP contribution in [0, 0.1) is 0 Å². The molecule has 2 saturated heterocycles. The molecule has 1 aromatic heterocycles. The molecule has 3 heterocycles. The number of anilines is 3. The Morgan fingerprint density at radius 1 is 0.818 bits per heavy atom. The van der Waals surface area contributed by atoms with Crippen LogP contribution in [0.2, 0.25) is 0 Å². The summed E-state index contributed by atoms with van der Waals surface area (Å²) in [5.41, 5.74) is -0.0303. The Morgan fingerprint density at radius 2 is 1.39 bits per heavy atom. The van der Waals surface area contributed by atoms with E-state index in [4.69, 9.17) is 0 Å². The quantitative estimate of drug-likeness (QED) is 0.734. The normalized spacial score (nSPS) is 17.5. The number of rotatable bonds is 4. The van der Waals surface area contributed by atoms with E-state index in [-0.39, 0.29) is 5.69 Å². The molecule has 8 nitrogen and oxygen atoms in total. The molecule has 0 saturated carbocycles. The Hall–Kier alpha value is -3.24. The van der Waals surface area contributed by atoms with E-state index >= 15 is 0 Å². The maximum Gasteiger partial charge on any atom is 0.573 e. The van der Waals surface area contributed by atoms with Gasteiger partial charge in [-0.1, -0.05) is 25.0 Å². The second kappa shape index (κ2) is 10.1. The topological polar surface area (TPSA) is 73.8 Å². The van der Waals surface area contributed by atoms with Gasteiger partial charge in [-0.05, 0) is 37.1 Å². The summed E-state index contributed by atoms with van der Waals surface area (Å²) in [4.78, 5) is 18.5. The zero-order chi connectivity index (χ0) is 23.3.